The molecule has 2 aromatic rings. The van der Waals surface area contributed by atoms with Gasteiger partial charge in [0.15, 0.2) is 0 Å². The lowest BCUT2D eigenvalue weighted by Gasteiger charge is -2.18. The van der Waals surface area contributed by atoms with Crippen LogP contribution >= 0.6 is 0 Å². The average Bonchev–Trinajstić information content (AvgIpc) is 2.72. The molecule has 176 valence electrons. The maximum Gasteiger partial charge on any atom is 0.315 e. The Morgan fingerprint density at radius 1 is 0.656 bits per heavy atom. The lowest BCUT2D eigenvalue weighted by Crippen LogP contribution is -2.44. The maximum absolute atomic E-state index is 12.3. The van der Waals surface area contributed by atoms with Gasteiger partial charge in [0.25, 0.3) is 0 Å². The Kier molecular flexibility index (Phi) is 10.4. The molecule has 0 aliphatic carbocycles. The molecule has 0 saturated carbocycles. The van der Waals surface area contributed by atoms with E-state index in [1.165, 1.54) is 11.1 Å². The molecule has 0 aliphatic rings. The summed E-state index contributed by atoms with van der Waals surface area (Å²) in [7, 11) is 0. The van der Waals surface area contributed by atoms with Gasteiger partial charge in [-0.2, -0.15) is 0 Å². The van der Waals surface area contributed by atoms with Gasteiger partial charge in [0, 0.05) is 12.1 Å². The molecular formula is C27H40N2O3. The summed E-state index contributed by atoms with van der Waals surface area (Å²) in [5.74, 6) is 1.78. The molecule has 2 N–H and O–H groups in total. The standard InChI is InChI=1S/C27H40N2O3/c1-19(2)31-25-15-11-23(12-16-25)9-7-21(5)28-27(30)29-22(6)8-10-24-13-17-26(18-14-24)32-20(3)4/h11-22H,7-10H2,1-6H3,(H2,28,29,30). The Balaban J connectivity index is 1.66. The lowest BCUT2D eigenvalue weighted by atomic mass is 10.1. The number of amides is 2. The van der Waals surface area contributed by atoms with Gasteiger partial charge in [0.1, 0.15) is 11.5 Å². The molecular weight excluding hydrogens is 400 g/mol. The molecule has 5 heteroatoms. The highest BCUT2D eigenvalue weighted by atomic mass is 16.5. The molecule has 2 unspecified atom stereocenters. The third-order valence-corrected chi connectivity index (χ3v) is 5.08. The summed E-state index contributed by atoms with van der Waals surface area (Å²) in [5.41, 5.74) is 2.49. The zero-order chi connectivity index (χ0) is 23.5. The molecule has 32 heavy (non-hydrogen) atoms. The van der Waals surface area contributed by atoms with E-state index in [1.54, 1.807) is 0 Å². The van der Waals surface area contributed by atoms with Crippen LogP contribution in [-0.4, -0.2) is 30.3 Å². The van der Waals surface area contributed by atoms with Crippen molar-refractivity contribution in [2.24, 2.45) is 0 Å². The summed E-state index contributed by atoms with van der Waals surface area (Å²) in [5, 5.41) is 6.10. The molecule has 2 amide bonds. The van der Waals surface area contributed by atoms with E-state index in [0.29, 0.717) is 0 Å². The largest absolute Gasteiger partial charge is 0.491 e. The molecule has 0 heterocycles. The second-order valence-electron chi connectivity index (χ2n) is 9.12. The van der Waals surface area contributed by atoms with Gasteiger partial charge in [0.2, 0.25) is 0 Å². The second-order valence-corrected chi connectivity index (χ2v) is 9.12. The number of carbonyl (C=O) groups is 1. The van der Waals surface area contributed by atoms with E-state index in [0.717, 1.165) is 37.2 Å². The average molecular weight is 441 g/mol. The molecule has 2 aromatic carbocycles. The van der Waals surface area contributed by atoms with Crippen molar-refractivity contribution in [1.29, 1.82) is 0 Å². The normalized spacial score (nSPS) is 13.0. The predicted molar refractivity (Wildman–Crippen MR) is 132 cm³/mol. The fourth-order valence-corrected chi connectivity index (χ4v) is 3.41. The molecule has 0 spiro atoms. The Morgan fingerprint density at radius 3 is 1.31 bits per heavy atom. The van der Waals surface area contributed by atoms with Crippen molar-refractivity contribution in [2.45, 2.75) is 91.5 Å². The van der Waals surface area contributed by atoms with Gasteiger partial charge in [-0.25, -0.2) is 4.79 Å². The number of rotatable bonds is 12. The Morgan fingerprint density at radius 2 is 1.00 bits per heavy atom. The van der Waals surface area contributed by atoms with Gasteiger partial charge < -0.3 is 20.1 Å². The molecule has 5 nitrogen and oxygen atoms in total. The molecule has 0 radical (unpaired) electrons. The SMILES string of the molecule is CC(CCc1ccc(OC(C)C)cc1)NC(=O)NC(C)CCc1ccc(OC(C)C)cc1. The molecule has 0 aliphatic heterocycles. The Bertz CT molecular complexity index is 733. The lowest BCUT2D eigenvalue weighted by molar-refractivity contribution is 0.233. The van der Waals surface area contributed by atoms with E-state index in [1.807, 2.05) is 65.8 Å². The van der Waals surface area contributed by atoms with Crippen molar-refractivity contribution < 1.29 is 14.3 Å². The third kappa shape index (κ3) is 10.1. The highest BCUT2D eigenvalue weighted by Gasteiger charge is 2.11. The van der Waals surface area contributed by atoms with Gasteiger partial charge in [-0.3, -0.25) is 0 Å². The zero-order valence-corrected chi connectivity index (χ0v) is 20.5. The molecule has 0 fully saturated rings. The summed E-state index contributed by atoms with van der Waals surface area (Å²) in [6.07, 6.45) is 3.95. The Hall–Kier alpha value is -2.69. The van der Waals surface area contributed by atoms with Crippen molar-refractivity contribution in [3.05, 3.63) is 59.7 Å². The van der Waals surface area contributed by atoms with Crippen molar-refractivity contribution in [1.82, 2.24) is 10.6 Å². The quantitative estimate of drug-likeness (QED) is 0.432. The van der Waals surface area contributed by atoms with E-state index >= 15 is 0 Å². The summed E-state index contributed by atoms with van der Waals surface area (Å²) in [6, 6.07) is 16.5. The maximum atomic E-state index is 12.3. The van der Waals surface area contributed by atoms with E-state index in [9.17, 15) is 4.79 Å². The van der Waals surface area contributed by atoms with E-state index in [4.69, 9.17) is 9.47 Å². The highest BCUT2D eigenvalue weighted by Crippen LogP contribution is 2.16. The van der Waals surface area contributed by atoms with Crippen LogP contribution in [0.1, 0.15) is 65.5 Å². The fraction of sp³-hybridized carbons (Fsp3) is 0.519. The number of nitrogens with one attached hydrogen (secondary N) is 2. The number of carbonyl (C=O) groups excluding carboxylic acids is 1. The number of hydrogen-bond acceptors (Lipinski definition) is 3. The summed E-state index contributed by atoms with van der Waals surface area (Å²) < 4.78 is 11.4. The molecule has 0 saturated heterocycles. The fourth-order valence-electron chi connectivity index (χ4n) is 3.41. The summed E-state index contributed by atoms with van der Waals surface area (Å²) >= 11 is 0. The predicted octanol–water partition coefficient (Wildman–Crippen LogP) is 5.90. The third-order valence-electron chi connectivity index (χ3n) is 5.08. The van der Waals surface area contributed by atoms with Crippen LogP contribution in [0.3, 0.4) is 0 Å². The number of aryl methyl sites for hydroxylation is 2. The van der Waals surface area contributed by atoms with Crippen molar-refractivity contribution >= 4 is 6.03 Å². The van der Waals surface area contributed by atoms with Crippen LogP contribution in [0.15, 0.2) is 48.5 Å². The van der Waals surface area contributed by atoms with Gasteiger partial charge >= 0.3 is 6.03 Å². The first kappa shape index (κ1) is 25.6. The van der Waals surface area contributed by atoms with E-state index in [-0.39, 0.29) is 30.3 Å². The van der Waals surface area contributed by atoms with Crippen molar-refractivity contribution in [2.75, 3.05) is 0 Å². The van der Waals surface area contributed by atoms with Crippen LogP contribution in [0.25, 0.3) is 0 Å². The summed E-state index contributed by atoms with van der Waals surface area (Å²) in [4.78, 5) is 12.3. The minimum Gasteiger partial charge on any atom is -0.491 e. The van der Waals surface area contributed by atoms with E-state index < -0.39 is 0 Å². The van der Waals surface area contributed by atoms with Crippen molar-refractivity contribution in [3.63, 3.8) is 0 Å². The molecule has 0 aromatic heterocycles. The first-order valence-electron chi connectivity index (χ1n) is 11.8. The van der Waals surface area contributed by atoms with Crippen LogP contribution in [0.2, 0.25) is 0 Å². The van der Waals surface area contributed by atoms with Crippen molar-refractivity contribution in [3.8, 4) is 11.5 Å². The second kappa shape index (κ2) is 13.0. The first-order chi connectivity index (χ1) is 15.2. The molecule has 0 bridgehead atoms. The minimum absolute atomic E-state index is 0.0993. The van der Waals surface area contributed by atoms with Crippen LogP contribution in [0.4, 0.5) is 4.79 Å². The van der Waals surface area contributed by atoms with E-state index in [2.05, 4.69) is 34.9 Å². The van der Waals surface area contributed by atoms with Crippen LogP contribution in [0.5, 0.6) is 11.5 Å². The first-order valence-corrected chi connectivity index (χ1v) is 11.8. The molecule has 2 atom stereocenters. The van der Waals surface area contributed by atoms with Crippen LogP contribution in [0, 0.1) is 0 Å². The van der Waals surface area contributed by atoms with Gasteiger partial charge in [-0.15, -0.1) is 0 Å². The number of benzene rings is 2. The van der Waals surface area contributed by atoms with Crippen LogP contribution < -0.4 is 20.1 Å². The number of hydrogen-bond donors (Lipinski definition) is 2. The van der Waals surface area contributed by atoms with Gasteiger partial charge in [0.05, 0.1) is 12.2 Å². The van der Waals surface area contributed by atoms with Gasteiger partial charge in [-0.05, 0) is 103 Å². The highest BCUT2D eigenvalue weighted by molar-refractivity contribution is 5.74. The number of ether oxygens (including phenoxy) is 2. The Labute approximate surface area is 193 Å². The summed E-state index contributed by atoms with van der Waals surface area (Å²) in [6.45, 7) is 12.2. The minimum atomic E-state index is -0.105. The number of urea groups is 1. The smallest absolute Gasteiger partial charge is 0.315 e. The van der Waals surface area contributed by atoms with Gasteiger partial charge in [-0.1, -0.05) is 24.3 Å². The topological polar surface area (TPSA) is 59.6 Å². The monoisotopic (exact) mass is 440 g/mol. The van der Waals surface area contributed by atoms with Crippen LogP contribution in [-0.2, 0) is 12.8 Å². The molecule has 2 rings (SSSR count). The zero-order valence-electron chi connectivity index (χ0n) is 20.5.